The summed E-state index contributed by atoms with van der Waals surface area (Å²) in [6.07, 6.45) is -7.53. The number of ether oxygens (including phenoxy) is 2. The third-order valence-corrected chi connectivity index (χ3v) is 5.24. The van der Waals surface area contributed by atoms with Crippen LogP contribution in [-0.2, 0) is 9.59 Å². The number of aliphatic hydroxyl groups is 4. The van der Waals surface area contributed by atoms with Crippen LogP contribution in [0.15, 0.2) is 48.5 Å². The van der Waals surface area contributed by atoms with Crippen molar-refractivity contribution in [3.63, 3.8) is 0 Å². The van der Waals surface area contributed by atoms with Crippen molar-refractivity contribution >= 4 is 23.3 Å². The van der Waals surface area contributed by atoms with E-state index in [0.29, 0.717) is 24.7 Å². The number of benzene rings is 2. The van der Waals surface area contributed by atoms with E-state index in [4.69, 9.17) is 40.1 Å². The van der Waals surface area contributed by atoms with Crippen LogP contribution in [0.4, 0.5) is 11.4 Å². The Hall–Kier alpha value is -4.46. The van der Waals surface area contributed by atoms with Crippen molar-refractivity contribution < 1.29 is 59.5 Å². The first-order valence-corrected chi connectivity index (χ1v) is 13.0. The van der Waals surface area contributed by atoms with Crippen LogP contribution in [0.2, 0.25) is 0 Å². The van der Waals surface area contributed by atoms with E-state index in [0.717, 1.165) is 25.9 Å². The molecule has 0 aliphatic carbocycles. The smallest absolute Gasteiger partial charge is 0.335 e. The Labute approximate surface area is 251 Å². The minimum Gasteiger partial charge on any atom is -0.493 e. The maximum Gasteiger partial charge on any atom is 0.335 e. The van der Waals surface area contributed by atoms with E-state index < -0.39 is 46.2 Å². The van der Waals surface area contributed by atoms with Crippen LogP contribution in [0.1, 0.15) is 12.8 Å². The van der Waals surface area contributed by atoms with Crippen LogP contribution >= 0.6 is 0 Å². The third-order valence-electron chi connectivity index (χ3n) is 5.24. The molecule has 0 bridgehead atoms. The summed E-state index contributed by atoms with van der Waals surface area (Å²) in [6, 6.07) is 12.4. The molecular weight excluding hydrogens is 592 g/mol. The van der Waals surface area contributed by atoms with Gasteiger partial charge in [0.2, 0.25) is 0 Å². The molecular formula is C26H38N4O14. The SMILES string of the molecule is CNCCCOc1cccc([N+](=O)[O-])c1.CNCCCOc1cccc([N+](=O)[O-])c1.O=C(O)[C@@H](O)[C@H](O)[C@H](O)[C@@H](O)C(=O)O. The van der Waals surface area contributed by atoms with E-state index in [2.05, 4.69) is 10.6 Å². The van der Waals surface area contributed by atoms with Crippen LogP contribution in [0.25, 0.3) is 0 Å². The zero-order valence-corrected chi connectivity index (χ0v) is 24.0. The number of carboxylic acid groups (broad SMARTS) is 2. The normalized spacial score (nSPS) is 13.0. The number of nitro groups is 2. The molecule has 0 radical (unpaired) electrons. The number of nitrogens with one attached hydrogen (secondary N) is 2. The summed E-state index contributed by atoms with van der Waals surface area (Å²) in [7, 11) is 3.74. The zero-order chi connectivity index (χ0) is 33.7. The molecule has 0 aromatic heterocycles. The van der Waals surface area contributed by atoms with Gasteiger partial charge in [-0.3, -0.25) is 20.2 Å². The molecule has 18 nitrogen and oxygen atoms in total. The Bertz CT molecular complexity index is 1080. The van der Waals surface area contributed by atoms with E-state index in [1.165, 1.54) is 24.3 Å². The van der Waals surface area contributed by atoms with E-state index in [-0.39, 0.29) is 11.4 Å². The van der Waals surface area contributed by atoms with E-state index in [1.54, 1.807) is 24.3 Å². The van der Waals surface area contributed by atoms with Crippen LogP contribution in [0.3, 0.4) is 0 Å². The molecule has 44 heavy (non-hydrogen) atoms. The van der Waals surface area contributed by atoms with E-state index in [9.17, 15) is 29.8 Å². The third kappa shape index (κ3) is 16.2. The Kier molecular flexibility index (Phi) is 19.9. The van der Waals surface area contributed by atoms with Gasteiger partial charge in [-0.15, -0.1) is 0 Å². The lowest BCUT2D eigenvalue weighted by Crippen LogP contribution is -2.49. The van der Waals surface area contributed by atoms with Gasteiger partial charge in [-0.2, -0.15) is 0 Å². The molecule has 0 aliphatic rings. The number of nitro benzene ring substituents is 2. The van der Waals surface area contributed by atoms with Gasteiger partial charge in [0.25, 0.3) is 11.4 Å². The van der Waals surface area contributed by atoms with Gasteiger partial charge >= 0.3 is 11.9 Å². The molecule has 0 unspecified atom stereocenters. The monoisotopic (exact) mass is 630 g/mol. The van der Waals surface area contributed by atoms with Crippen molar-refractivity contribution in [3.8, 4) is 11.5 Å². The van der Waals surface area contributed by atoms with Crippen molar-refractivity contribution in [1.82, 2.24) is 10.6 Å². The lowest BCUT2D eigenvalue weighted by Gasteiger charge is -2.21. The van der Waals surface area contributed by atoms with Crippen molar-refractivity contribution in [2.24, 2.45) is 0 Å². The standard InChI is InChI=1S/2C10H14N2O3.C6H10O8/c2*1-11-6-3-7-15-10-5-2-4-9(8-10)12(13)14;7-1(3(9)5(11)12)2(8)4(10)6(13)14/h2*2,4-5,8,11H,3,6-7H2,1H3;1-4,7-10H,(H,11,12)(H,13,14)/t;;1-,2+,3+,4-. The topological polar surface area (TPSA) is 284 Å². The number of hydrogen-bond acceptors (Lipinski definition) is 14. The number of non-ortho nitro benzene ring substituents is 2. The van der Waals surface area contributed by atoms with E-state index in [1.807, 2.05) is 14.1 Å². The molecule has 0 saturated heterocycles. The fourth-order valence-corrected chi connectivity index (χ4v) is 2.92. The molecule has 246 valence electrons. The van der Waals surface area contributed by atoms with Gasteiger partial charge in [0.05, 0.1) is 35.2 Å². The van der Waals surface area contributed by atoms with Crippen molar-refractivity contribution in [3.05, 3.63) is 68.8 Å². The summed E-state index contributed by atoms with van der Waals surface area (Å²) in [4.78, 5) is 40.3. The predicted molar refractivity (Wildman–Crippen MR) is 154 cm³/mol. The summed E-state index contributed by atoms with van der Waals surface area (Å²) < 4.78 is 10.7. The van der Waals surface area contributed by atoms with Crippen LogP contribution in [0.5, 0.6) is 11.5 Å². The van der Waals surface area contributed by atoms with Gasteiger partial charge < -0.3 is 50.7 Å². The van der Waals surface area contributed by atoms with Crippen molar-refractivity contribution in [2.75, 3.05) is 40.4 Å². The van der Waals surface area contributed by atoms with Crippen LogP contribution in [-0.4, -0.2) is 117 Å². The fraction of sp³-hybridized carbons (Fsp3) is 0.462. The molecule has 0 heterocycles. The first kappa shape index (κ1) is 39.5. The number of rotatable bonds is 17. The molecule has 0 spiro atoms. The zero-order valence-electron chi connectivity index (χ0n) is 24.0. The highest BCUT2D eigenvalue weighted by atomic mass is 16.6. The summed E-state index contributed by atoms with van der Waals surface area (Å²) in [5.41, 5.74) is 0.113. The Morgan fingerprint density at radius 1 is 0.727 bits per heavy atom. The van der Waals surface area contributed by atoms with Crippen LogP contribution < -0.4 is 20.1 Å². The second-order valence-electron chi connectivity index (χ2n) is 8.67. The Morgan fingerprint density at radius 3 is 1.34 bits per heavy atom. The Balaban J connectivity index is 0.000000631. The molecule has 2 aromatic rings. The number of nitrogens with zero attached hydrogens (tertiary/aromatic N) is 2. The highest BCUT2D eigenvalue weighted by molar-refractivity contribution is 5.75. The van der Waals surface area contributed by atoms with Gasteiger partial charge in [-0.05, 0) is 52.2 Å². The molecule has 0 aliphatic heterocycles. The average molecular weight is 631 g/mol. The lowest BCUT2D eigenvalue weighted by molar-refractivity contribution is -0.385. The minimum absolute atomic E-state index is 0.0566. The fourth-order valence-electron chi connectivity index (χ4n) is 2.92. The quantitative estimate of drug-likeness (QED) is 0.0636. The molecule has 2 aromatic carbocycles. The van der Waals surface area contributed by atoms with Crippen molar-refractivity contribution in [1.29, 1.82) is 0 Å². The molecule has 4 atom stereocenters. The number of aliphatic hydroxyl groups excluding tert-OH is 4. The molecule has 8 N–H and O–H groups in total. The summed E-state index contributed by atoms with van der Waals surface area (Å²) in [5, 5.41) is 78.4. The van der Waals surface area contributed by atoms with Gasteiger partial charge in [0.15, 0.2) is 12.2 Å². The molecule has 2 rings (SSSR count). The number of hydrogen-bond donors (Lipinski definition) is 8. The molecule has 0 fully saturated rings. The number of aliphatic carboxylic acids is 2. The summed E-state index contributed by atoms with van der Waals surface area (Å²) in [5.74, 6) is -2.59. The Morgan fingerprint density at radius 2 is 1.07 bits per heavy atom. The highest BCUT2D eigenvalue weighted by Crippen LogP contribution is 2.20. The maximum absolute atomic E-state index is 10.5. The maximum atomic E-state index is 10.5. The molecule has 18 heteroatoms. The number of carbonyl (C=O) groups is 2. The van der Waals surface area contributed by atoms with E-state index >= 15 is 0 Å². The minimum atomic E-state index is -2.36. The largest absolute Gasteiger partial charge is 0.493 e. The van der Waals surface area contributed by atoms with Gasteiger partial charge in [0, 0.05) is 12.1 Å². The van der Waals surface area contributed by atoms with Gasteiger partial charge in [0.1, 0.15) is 23.7 Å². The summed E-state index contributed by atoms with van der Waals surface area (Å²) in [6.45, 7) is 2.86. The highest BCUT2D eigenvalue weighted by Gasteiger charge is 2.37. The molecule has 0 saturated carbocycles. The predicted octanol–water partition coefficient (Wildman–Crippen LogP) is -0.235. The number of carboxylic acids is 2. The second kappa shape index (κ2) is 22.1. The first-order chi connectivity index (χ1) is 20.8. The second-order valence-corrected chi connectivity index (χ2v) is 8.67. The van der Waals surface area contributed by atoms with Gasteiger partial charge in [-0.1, -0.05) is 12.1 Å². The first-order valence-electron chi connectivity index (χ1n) is 13.0. The van der Waals surface area contributed by atoms with Gasteiger partial charge in [-0.25, -0.2) is 9.59 Å². The average Bonchev–Trinajstić information content (AvgIpc) is 3.00. The summed E-state index contributed by atoms with van der Waals surface area (Å²) >= 11 is 0. The van der Waals surface area contributed by atoms with Crippen LogP contribution in [0, 0.1) is 20.2 Å². The molecule has 0 amide bonds. The lowest BCUT2D eigenvalue weighted by atomic mass is 10.0. The van der Waals surface area contributed by atoms with Crippen molar-refractivity contribution in [2.45, 2.75) is 37.3 Å².